The molecule has 4 aromatic carbocycles. The number of rotatable bonds is 4. The lowest BCUT2D eigenvalue weighted by Gasteiger charge is -2.05. The minimum atomic E-state index is -0.219. The number of hydrogen-bond acceptors (Lipinski definition) is 2. The minimum Gasteiger partial charge on any atom is -0.356 e. The average molecular weight is 374 g/mol. The van der Waals surface area contributed by atoms with Crippen molar-refractivity contribution in [1.82, 2.24) is 0 Å². The quantitative estimate of drug-likeness (QED) is 0.397. The molecule has 4 aromatic rings. The van der Waals surface area contributed by atoms with Crippen LogP contribution in [0.25, 0.3) is 0 Å². The molecule has 0 saturated carbocycles. The van der Waals surface area contributed by atoms with E-state index in [1.54, 1.807) is 24.3 Å². The lowest BCUT2D eigenvalue weighted by Crippen LogP contribution is -1.89. The van der Waals surface area contributed by atoms with E-state index in [4.69, 9.17) is 0 Å². The highest BCUT2D eigenvalue weighted by atomic mass is 19.1. The normalized spacial score (nSPS) is 9.79. The van der Waals surface area contributed by atoms with E-state index >= 15 is 0 Å². The van der Waals surface area contributed by atoms with E-state index in [0.29, 0.717) is 0 Å². The predicted molar refractivity (Wildman–Crippen MR) is 112 cm³/mol. The standard InChI is InChI=1S/2C12H10FN/c2*13-10-6-8-12(9-7-10)14-11-4-2-1-3-5-11/h2*1-9,14H. The van der Waals surface area contributed by atoms with Crippen LogP contribution in [0.15, 0.2) is 109 Å². The summed E-state index contributed by atoms with van der Waals surface area (Å²) >= 11 is 0. The summed E-state index contributed by atoms with van der Waals surface area (Å²) in [4.78, 5) is 0. The monoisotopic (exact) mass is 374 g/mol. The summed E-state index contributed by atoms with van der Waals surface area (Å²) in [7, 11) is 0. The third-order valence-corrected chi connectivity index (χ3v) is 3.81. The molecule has 0 heterocycles. The van der Waals surface area contributed by atoms with Gasteiger partial charge in [-0.3, -0.25) is 0 Å². The lowest BCUT2D eigenvalue weighted by atomic mass is 10.2. The third-order valence-electron chi connectivity index (χ3n) is 3.81. The van der Waals surface area contributed by atoms with Gasteiger partial charge in [-0.25, -0.2) is 8.78 Å². The first kappa shape index (κ1) is 19.1. The van der Waals surface area contributed by atoms with Gasteiger partial charge in [-0.2, -0.15) is 0 Å². The van der Waals surface area contributed by atoms with E-state index < -0.39 is 0 Å². The summed E-state index contributed by atoms with van der Waals surface area (Å²) in [6.45, 7) is 0. The van der Waals surface area contributed by atoms with E-state index in [1.807, 2.05) is 60.7 Å². The summed E-state index contributed by atoms with van der Waals surface area (Å²) in [5.41, 5.74) is 3.77. The van der Waals surface area contributed by atoms with Crippen LogP contribution < -0.4 is 10.6 Å². The zero-order valence-electron chi connectivity index (χ0n) is 15.1. The maximum absolute atomic E-state index is 12.6. The highest BCUT2D eigenvalue weighted by Gasteiger charge is 1.94. The second-order valence-electron chi connectivity index (χ2n) is 6.00. The largest absolute Gasteiger partial charge is 0.356 e. The molecule has 0 aromatic heterocycles. The SMILES string of the molecule is Fc1ccc(Nc2ccccc2)cc1.Fc1ccc(Nc2ccccc2)cc1. The van der Waals surface area contributed by atoms with Gasteiger partial charge in [-0.15, -0.1) is 0 Å². The van der Waals surface area contributed by atoms with Crippen LogP contribution in [0.2, 0.25) is 0 Å². The molecule has 0 bridgehead atoms. The van der Waals surface area contributed by atoms with Crippen molar-refractivity contribution in [3.8, 4) is 0 Å². The van der Waals surface area contributed by atoms with Crippen LogP contribution in [0.3, 0.4) is 0 Å². The van der Waals surface area contributed by atoms with Crippen molar-refractivity contribution in [2.75, 3.05) is 10.6 Å². The van der Waals surface area contributed by atoms with Gasteiger partial charge >= 0.3 is 0 Å². The summed E-state index contributed by atoms with van der Waals surface area (Å²) in [6, 6.07) is 32.1. The maximum atomic E-state index is 12.6. The van der Waals surface area contributed by atoms with Crippen molar-refractivity contribution in [2.24, 2.45) is 0 Å². The fraction of sp³-hybridized carbons (Fsp3) is 0. The molecule has 0 atom stereocenters. The number of benzene rings is 4. The fourth-order valence-electron chi connectivity index (χ4n) is 2.44. The third kappa shape index (κ3) is 6.25. The maximum Gasteiger partial charge on any atom is 0.123 e. The number of halogens is 2. The van der Waals surface area contributed by atoms with Gasteiger partial charge in [-0.05, 0) is 72.8 Å². The molecule has 140 valence electrons. The summed E-state index contributed by atoms with van der Waals surface area (Å²) in [6.07, 6.45) is 0. The van der Waals surface area contributed by atoms with Crippen molar-refractivity contribution in [3.05, 3.63) is 121 Å². The predicted octanol–water partition coefficient (Wildman–Crippen LogP) is 7.14. The van der Waals surface area contributed by atoms with Crippen molar-refractivity contribution >= 4 is 22.7 Å². The molecule has 4 heteroatoms. The zero-order valence-corrected chi connectivity index (χ0v) is 15.1. The van der Waals surface area contributed by atoms with Gasteiger partial charge in [0.05, 0.1) is 0 Å². The fourth-order valence-corrected chi connectivity index (χ4v) is 2.44. The molecule has 0 spiro atoms. The van der Waals surface area contributed by atoms with Gasteiger partial charge < -0.3 is 10.6 Å². The Labute approximate surface area is 163 Å². The average Bonchev–Trinajstić information content (AvgIpc) is 2.74. The van der Waals surface area contributed by atoms with Crippen LogP contribution in [-0.2, 0) is 0 Å². The number of nitrogens with one attached hydrogen (secondary N) is 2. The number of anilines is 4. The van der Waals surface area contributed by atoms with Crippen molar-refractivity contribution in [1.29, 1.82) is 0 Å². The van der Waals surface area contributed by atoms with Crippen LogP contribution >= 0.6 is 0 Å². The Bertz CT molecular complexity index is 872. The van der Waals surface area contributed by atoms with E-state index in [0.717, 1.165) is 22.7 Å². The first-order valence-electron chi connectivity index (χ1n) is 8.84. The Balaban J connectivity index is 0.000000161. The van der Waals surface area contributed by atoms with Crippen LogP contribution in [0.4, 0.5) is 31.5 Å². The Morgan fingerprint density at radius 2 is 0.643 bits per heavy atom. The molecule has 4 rings (SSSR count). The summed E-state index contributed by atoms with van der Waals surface area (Å²) in [5.74, 6) is -0.438. The Morgan fingerprint density at radius 3 is 0.964 bits per heavy atom. The smallest absolute Gasteiger partial charge is 0.123 e. The minimum absolute atomic E-state index is 0.219. The van der Waals surface area contributed by atoms with Crippen LogP contribution in [0.1, 0.15) is 0 Å². The molecule has 0 aliphatic heterocycles. The van der Waals surface area contributed by atoms with Crippen LogP contribution in [0.5, 0.6) is 0 Å². The highest BCUT2D eigenvalue weighted by molar-refractivity contribution is 5.59. The van der Waals surface area contributed by atoms with Gasteiger partial charge in [0.15, 0.2) is 0 Å². The first-order chi connectivity index (χ1) is 13.7. The van der Waals surface area contributed by atoms with Gasteiger partial charge in [0.1, 0.15) is 11.6 Å². The van der Waals surface area contributed by atoms with Crippen molar-refractivity contribution in [2.45, 2.75) is 0 Å². The van der Waals surface area contributed by atoms with Crippen molar-refractivity contribution in [3.63, 3.8) is 0 Å². The molecule has 0 aliphatic carbocycles. The zero-order chi connectivity index (χ0) is 19.6. The Kier molecular flexibility index (Phi) is 6.74. The Hall–Kier alpha value is -3.66. The van der Waals surface area contributed by atoms with Crippen LogP contribution in [-0.4, -0.2) is 0 Å². The van der Waals surface area contributed by atoms with E-state index in [2.05, 4.69) is 10.6 Å². The molecule has 0 radical (unpaired) electrons. The summed E-state index contributed by atoms with van der Waals surface area (Å²) < 4.78 is 25.2. The van der Waals surface area contributed by atoms with E-state index in [-0.39, 0.29) is 11.6 Å². The second kappa shape index (κ2) is 9.88. The van der Waals surface area contributed by atoms with Crippen LogP contribution in [0, 0.1) is 11.6 Å². The van der Waals surface area contributed by atoms with Gasteiger partial charge in [0.2, 0.25) is 0 Å². The number of hydrogen-bond donors (Lipinski definition) is 2. The molecule has 0 amide bonds. The molecule has 0 fully saturated rings. The lowest BCUT2D eigenvalue weighted by molar-refractivity contribution is 0.627. The molecular formula is C24H20F2N2. The molecule has 0 aliphatic rings. The van der Waals surface area contributed by atoms with Crippen molar-refractivity contribution < 1.29 is 8.78 Å². The molecule has 0 unspecified atom stereocenters. The topological polar surface area (TPSA) is 24.1 Å². The summed E-state index contributed by atoms with van der Waals surface area (Å²) in [5, 5.41) is 6.33. The number of para-hydroxylation sites is 2. The molecule has 0 saturated heterocycles. The molecule has 2 nitrogen and oxygen atoms in total. The van der Waals surface area contributed by atoms with Gasteiger partial charge in [0, 0.05) is 22.7 Å². The molecular weight excluding hydrogens is 354 g/mol. The van der Waals surface area contributed by atoms with E-state index in [9.17, 15) is 8.78 Å². The van der Waals surface area contributed by atoms with Gasteiger partial charge in [0.25, 0.3) is 0 Å². The second-order valence-corrected chi connectivity index (χ2v) is 6.00. The first-order valence-corrected chi connectivity index (χ1v) is 8.84. The Morgan fingerprint density at radius 1 is 0.357 bits per heavy atom. The highest BCUT2D eigenvalue weighted by Crippen LogP contribution is 2.16. The molecule has 28 heavy (non-hydrogen) atoms. The van der Waals surface area contributed by atoms with Gasteiger partial charge in [-0.1, -0.05) is 36.4 Å². The molecule has 2 N–H and O–H groups in total. The van der Waals surface area contributed by atoms with E-state index in [1.165, 1.54) is 24.3 Å².